The van der Waals surface area contributed by atoms with Crippen LogP contribution in [0.3, 0.4) is 0 Å². The first-order chi connectivity index (χ1) is 6.77. The zero-order chi connectivity index (χ0) is 10.1. The van der Waals surface area contributed by atoms with E-state index in [9.17, 15) is 4.79 Å². The Morgan fingerprint density at radius 1 is 1.57 bits per heavy atom. The Morgan fingerprint density at radius 2 is 2.36 bits per heavy atom. The zero-order valence-corrected chi connectivity index (χ0v) is 10.0. The van der Waals surface area contributed by atoms with E-state index in [1.165, 1.54) is 0 Å². The Kier molecular flexibility index (Phi) is 2.85. The first kappa shape index (κ1) is 10.1. The zero-order valence-electron chi connectivity index (χ0n) is 7.48. The second kappa shape index (κ2) is 3.96. The summed E-state index contributed by atoms with van der Waals surface area (Å²) in [5, 5.41) is 3.15. The predicted molar refractivity (Wildman–Crippen MR) is 66.2 cm³/mol. The van der Waals surface area contributed by atoms with E-state index in [1.54, 1.807) is 23.1 Å². The molecule has 0 saturated heterocycles. The Bertz CT molecular complexity index is 487. The number of thiophene rings is 1. The summed E-state index contributed by atoms with van der Waals surface area (Å²) >= 11 is 7.66. The third kappa shape index (κ3) is 1.47. The molecule has 1 aromatic heterocycles. The third-order valence-electron chi connectivity index (χ3n) is 2.05. The molecule has 2 rings (SSSR count). The fourth-order valence-corrected chi connectivity index (χ4v) is 3.56. The van der Waals surface area contributed by atoms with Gasteiger partial charge in [0.15, 0.2) is 6.29 Å². The molecule has 0 spiro atoms. The molecule has 0 aliphatic rings. The quantitative estimate of drug-likeness (QED) is 0.489. The minimum Gasteiger partial charge on any atom is -0.298 e. The van der Waals surface area contributed by atoms with Crippen LogP contribution >= 0.6 is 35.7 Å². The third-order valence-corrected chi connectivity index (χ3v) is 4.37. The number of fused-ring (bicyclic) bond motifs is 1. The van der Waals surface area contributed by atoms with E-state index in [0.29, 0.717) is 0 Å². The Hall–Kier alpha value is -0.450. The molecule has 0 N–H and O–H groups in total. The highest BCUT2D eigenvalue weighted by atomic mass is 32.2. The Balaban J connectivity index is 2.85. The molecule has 0 saturated carbocycles. The molecular weight excluding hydrogens is 232 g/mol. The average Bonchev–Trinajstić information content (AvgIpc) is 2.65. The van der Waals surface area contributed by atoms with Crippen molar-refractivity contribution in [2.45, 2.75) is 9.79 Å². The van der Waals surface area contributed by atoms with Crippen molar-refractivity contribution >= 4 is 52.1 Å². The molecule has 0 aliphatic heterocycles. The molecule has 0 atom stereocenters. The SMILES string of the molecule is CSc1c(C=O)cc2sccc2c1S. The van der Waals surface area contributed by atoms with Gasteiger partial charge in [0, 0.05) is 25.4 Å². The fraction of sp³-hybridized carbons (Fsp3) is 0.100. The van der Waals surface area contributed by atoms with Gasteiger partial charge in [-0.3, -0.25) is 4.79 Å². The number of rotatable bonds is 2. The predicted octanol–water partition coefficient (Wildman–Crippen LogP) is 3.72. The van der Waals surface area contributed by atoms with E-state index in [-0.39, 0.29) is 0 Å². The maximum absolute atomic E-state index is 10.9. The second-order valence-electron chi connectivity index (χ2n) is 2.80. The molecule has 0 fully saturated rings. The summed E-state index contributed by atoms with van der Waals surface area (Å²) in [5.74, 6) is 0. The van der Waals surface area contributed by atoms with Gasteiger partial charge in [-0.25, -0.2) is 0 Å². The van der Waals surface area contributed by atoms with Crippen molar-refractivity contribution in [3.63, 3.8) is 0 Å². The largest absolute Gasteiger partial charge is 0.298 e. The molecule has 4 heteroatoms. The maximum atomic E-state index is 10.9. The van der Waals surface area contributed by atoms with Crippen LogP contribution in [0.1, 0.15) is 10.4 Å². The minimum atomic E-state index is 0.734. The van der Waals surface area contributed by atoms with Gasteiger partial charge in [-0.05, 0) is 23.8 Å². The molecule has 0 unspecified atom stereocenters. The van der Waals surface area contributed by atoms with Gasteiger partial charge in [-0.1, -0.05) is 0 Å². The lowest BCUT2D eigenvalue weighted by molar-refractivity contribution is 0.112. The topological polar surface area (TPSA) is 17.1 Å². The number of hydrogen-bond acceptors (Lipinski definition) is 4. The lowest BCUT2D eigenvalue weighted by Crippen LogP contribution is -1.86. The fourth-order valence-electron chi connectivity index (χ4n) is 1.40. The van der Waals surface area contributed by atoms with E-state index in [1.807, 2.05) is 23.8 Å². The lowest BCUT2D eigenvalue weighted by atomic mass is 10.2. The molecule has 0 aliphatic carbocycles. The van der Waals surface area contributed by atoms with Crippen molar-refractivity contribution in [3.05, 3.63) is 23.1 Å². The van der Waals surface area contributed by atoms with Crippen LogP contribution in [-0.2, 0) is 0 Å². The highest BCUT2D eigenvalue weighted by Crippen LogP contribution is 2.36. The van der Waals surface area contributed by atoms with Crippen LogP contribution in [0.15, 0.2) is 27.3 Å². The first-order valence-electron chi connectivity index (χ1n) is 4.00. The van der Waals surface area contributed by atoms with Gasteiger partial charge in [-0.15, -0.1) is 35.7 Å². The molecule has 0 bridgehead atoms. The van der Waals surface area contributed by atoms with Gasteiger partial charge >= 0.3 is 0 Å². The van der Waals surface area contributed by atoms with E-state index in [4.69, 9.17) is 0 Å². The van der Waals surface area contributed by atoms with Crippen molar-refractivity contribution < 1.29 is 4.79 Å². The Labute approximate surface area is 95.9 Å². The number of aldehydes is 1. The van der Waals surface area contributed by atoms with Gasteiger partial charge in [0.25, 0.3) is 0 Å². The molecule has 0 radical (unpaired) electrons. The van der Waals surface area contributed by atoms with Crippen molar-refractivity contribution in [2.75, 3.05) is 6.26 Å². The minimum absolute atomic E-state index is 0.734. The standard InChI is InChI=1S/C10H8OS3/c1-13-10-6(5-11)4-8-7(9(10)12)2-3-14-8/h2-5,12H,1H3. The van der Waals surface area contributed by atoms with Crippen LogP contribution in [0.25, 0.3) is 10.1 Å². The summed E-state index contributed by atoms with van der Waals surface area (Å²) in [5.41, 5.74) is 0.734. The summed E-state index contributed by atoms with van der Waals surface area (Å²) < 4.78 is 1.12. The lowest BCUT2D eigenvalue weighted by Gasteiger charge is -2.06. The van der Waals surface area contributed by atoms with E-state index in [2.05, 4.69) is 12.6 Å². The smallest absolute Gasteiger partial charge is 0.151 e. The van der Waals surface area contributed by atoms with Gasteiger partial charge in [0.2, 0.25) is 0 Å². The number of benzene rings is 1. The molecule has 0 amide bonds. The van der Waals surface area contributed by atoms with Crippen LogP contribution in [0, 0.1) is 0 Å². The van der Waals surface area contributed by atoms with Crippen LogP contribution in [0.2, 0.25) is 0 Å². The average molecular weight is 240 g/mol. The summed E-state index contributed by atoms with van der Waals surface area (Å²) in [6, 6.07) is 3.97. The van der Waals surface area contributed by atoms with Crippen molar-refractivity contribution in [2.24, 2.45) is 0 Å². The summed E-state index contributed by atoms with van der Waals surface area (Å²) in [6.45, 7) is 0. The van der Waals surface area contributed by atoms with E-state index < -0.39 is 0 Å². The van der Waals surface area contributed by atoms with Gasteiger partial charge in [-0.2, -0.15) is 0 Å². The number of carbonyl (C=O) groups excluding carboxylic acids is 1. The van der Waals surface area contributed by atoms with Crippen molar-refractivity contribution in [1.82, 2.24) is 0 Å². The maximum Gasteiger partial charge on any atom is 0.151 e. The monoisotopic (exact) mass is 240 g/mol. The normalized spacial score (nSPS) is 10.7. The number of hydrogen-bond donors (Lipinski definition) is 1. The van der Waals surface area contributed by atoms with Gasteiger partial charge < -0.3 is 0 Å². The molecular formula is C10H8OS3. The number of thiol groups is 1. The van der Waals surface area contributed by atoms with Crippen molar-refractivity contribution in [1.29, 1.82) is 0 Å². The molecule has 1 aromatic carbocycles. The van der Waals surface area contributed by atoms with E-state index >= 15 is 0 Å². The van der Waals surface area contributed by atoms with Crippen LogP contribution in [0.5, 0.6) is 0 Å². The summed E-state index contributed by atoms with van der Waals surface area (Å²) in [6.07, 6.45) is 2.85. The summed E-state index contributed by atoms with van der Waals surface area (Å²) in [7, 11) is 0. The molecule has 1 heterocycles. The molecule has 1 nitrogen and oxygen atoms in total. The number of thioether (sulfide) groups is 1. The molecule has 72 valence electrons. The van der Waals surface area contributed by atoms with E-state index in [0.717, 1.165) is 31.7 Å². The van der Waals surface area contributed by atoms with Crippen LogP contribution < -0.4 is 0 Å². The van der Waals surface area contributed by atoms with Gasteiger partial charge in [0.1, 0.15) is 0 Å². The summed E-state index contributed by atoms with van der Waals surface area (Å²) in [4.78, 5) is 12.7. The highest BCUT2D eigenvalue weighted by molar-refractivity contribution is 7.99. The molecule has 14 heavy (non-hydrogen) atoms. The van der Waals surface area contributed by atoms with Crippen molar-refractivity contribution in [3.8, 4) is 0 Å². The first-order valence-corrected chi connectivity index (χ1v) is 6.55. The second-order valence-corrected chi connectivity index (χ2v) is 5.01. The van der Waals surface area contributed by atoms with Crippen LogP contribution in [0.4, 0.5) is 0 Å². The highest BCUT2D eigenvalue weighted by Gasteiger charge is 2.10. The number of carbonyl (C=O) groups is 1. The Morgan fingerprint density at radius 3 is 3.00 bits per heavy atom. The molecule has 2 aromatic rings. The van der Waals surface area contributed by atoms with Crippen LogP contribution in [-0.4, -0.2) is 12.5 Å². The van der Waals surface area contributed by atoms with Gasteiger partial charge in [0.05, 0.1) is 0 Å².